The summed E-state index contributed by atoms with van der Waals surface area (Å²) in [7, 11) is 0. The first kappa shape index (κ1) is 33.9. The van der Waals surface area contributed by atoms with E-state index in [4.69, 9.17) is 4.74 Å². The maximum Gasteiger partial charge on any atom is 0.347 e. The number of fused-ring (bicyclic) bond motifs is 1. The quantitative estimate of drug-likeness (QED) is 0.160. The highest BCUT2D eigenvalue weighted by Gasteiger charge is 2.43. The maximum atomic E-state index is 12.6. The van der Waals surface area contributed by atoms with Gasteiger partial charge in [0.15, 0.2) is 0 Å². The predicted octanol–water partition coefficient (Wildman–Crippen LogP) is 8.41. The average Bonchev–Trinajstić information content (AvgIpc) is 2.86. The van der Waals surface area contributed by atoms with Gasteiger partial charge in [-0.1, -0.05) is 72.6 Å². The normalized spacial score (nSPS) is 20.0. The van der Waals surface area contributed by atoms with Crippen LogP contribution in [0.15, 0.2) is 0 Å². The Morgan fingerprint density at radius 3 is 2.05 bits per heavy atom. The first-order chi connectivity index (χ1) is 18.7. The Bertz CT molecular complexity index is 986. The Morgan fingerprint density at radius 1 is 0.900 bits per heavy atom. The molecule has 7 heteroatoms. The number of hydrogen-bond donors (Lipinski definition) is 1. The molecule has 1 aromatic rings. The van der Waals surface area contributed by atoms with Crippen molar-refractivity contribution in [2.45, 2.75) is 139 Å². The molecule has 1 aliphatic heterocycles. The number of carbonyl (C=O) groups excluding carboxylic acids is 2. The van der Waals surface area contributed by atoms with E-state index in [0.717, 1.165) is 66.0 Å². The van der Waals surface area contributed by atoms with Gasteiger partial charge in [-0.2, -0.15) is 0 Å². The van der Waals surface area contributed by atoms with Gasteiger partial charge in [0.2, 0.25) is 0 Å². The van der Waals surface area contributed by atoms with E-state index in [9.17, 15) is 14.7 Å². The van der Waals surface area contributed by atoms with Crippen molar-refractivity contribution in [1.29, 1.82) is 0 Å². The Morgan fingerprint density at radius 2 is 1.48 bits per heavy atom. The number of phenolic OH excluding ortho intramolecular Hbond substituents is 1. The summed E-state index contributed by atoms with van der Waals surface area (Å²) in [6, 6.07) is 0. The molecule has 0 saturated heterocycles. The molecule has 0 radical (unpaired) electrons. The van der Waals surface area contributed by atoms with E-state index in [0.29, 0.717) is 12.3 Å². The first-order valence-electron chi connectivity index (χ1n) is 15.3. The molecule has 7 nitrogen and oxygen atoms in total. The van der Waals surface area contributed by atoms with Crippen LogP contribution in [-0.2, 0) is 30.8 Å². The third-order valence-electron chi connectivity index (χ3n) is 8.92. The molecule has 0 saturated carbocycles. The lowest BCUT2D eigenvalue weighted by Gasteiger charge is -2.44. The number of aromatic hydroxyl groups is 1. The van der Waals surface area contributed by atoms with Crippen LogP contribution in [0.3, 0.4) is 0 Å². The summed E-state index contributed by atoms with van der Waals surface area (Å²) >= 11 is 0. The molecule has 0 spiro atoms. The minimum absolute atomic E-state index is 0.0363. The Kier molecular flexibility index (Phi) is 13.3. The van der Waals surface area contributed by atoms with Crippen LogP contribution in [-0.4, -0.2) is 22.6 Å². The van der Waals surface area contributed by atoms with Crippen molar-refractivity contribution in [2.75, 3.05) is 0 Å². The molecule has 0 bridgehead atoms. The molecule has 1 N–H and O–H groups in total. The highest BCUT2D eigenvalue weighted by molar-refractivity contribution is 5.70. The van der Waals surface area contributed by atoms with Crippen molar-refractivity contribution in [1.82, 2.24) is 0 Å². The first-order valence-corrected chi connectivity index (χ1v) is 15.3. The predicted molar refractivity (Wildman–Crippen MR) is 157 cm³/mol. The second-order valence-electron chi connectivity index (χ2n) is 13.0. The zero-order valence-corrected chi connectivity index (χ0v) is 26.5. The Hall–Kier alpha value is -2.28. The van der Waals surface area contributed by atoms with Crippen LogP contribution in [0.2, 0.25) is 0 Å². The number of carbonyl (C=O) groups is 2. The van der Waals surface area contributed by atoms with E-state index in [1.165, 1.54) is 38.5 Å². The smallest absolute Gasteiger partial charge is 0.347 e. The zero-order valence-electron chi connectivity index (χ0n) is 26.5. The molecular formula is C33H54O7. The van der Waals surface area contributed by atoms with Crippen LogP contribution in [0.4, 0.5) is 0 Å². The lowest BCUT2D eigenvalue weighted by atomic mass is 9.74. The van der Waals surface area contributed by atoms with Gasteiger partial charge in [0.1, 0.15) is 17.1 Å². The molecule has 1 aromatic carbocycles. The van der Waals surface area contributed by atoms with E-state index >= 15 is 0 Å². The summed E-state index contributed by atoms with van der Waals surface area (Å²) in [6.07, 6.45) is 11.3. The van der Waals surface area contributed by atoms with E-state index < -0.39 is 17.5 Å². The van der Waals surface area contributed by atoms with Gasteiger partial charge in [-0.05, 0) is 81.4 Å². The number of benzene rings is 1. The lowest BCUT2D eigenvalue weighted by molar-refractivity contribution is -0.459. The van der Waals surface area contributed by atoms with Gasteiger partial charge in [-0.15, -0.1) is 0 Å². The molecule has 2 rings (SSSR count). The molecule has 1 aliphatic rings. The zero-order chi connectivity index (χ0) is 30.0. The van der Waals surface area contributed by atoms with Gasteiger partial charge in [-0.25, -0.2) is 9.59 Å². The molecule has 0 aliphatic carbocycles. The molecule has 0 fully saturated rings. The van der Waals surface area contributed by atoms with Crippen molar-refractivity contribution in [3.8, 4) is 11.5 Å². The van der Waals surface area contributed by atoms with Crippen molar-refractivity contribution in [2.24, 2.45) is 23.7 Å². The summed E-state index contributed by atoms with van der Waals surface area (Å²) in [6.45, 7) is 18.3. The van der Waals surface area contributed by atoms with Gasteiger partial charge >= 0.3 is 11.9 Å². The lowest BCUT2D eigenvalue weighted by Crippen LogP contribution is -2.46. The van der Waals surface area contributed by atoms with Crippen LogP contribution < -0.4 is 4.74 Å². The summed E-state index contributed by atoms with van der Waals surface area (Å²) in [5, 5.41) is 15.0. The fraction of sp³-hybridized carbons (Fsp3) is 0.758. The minimum atomic E-state index is -0.709. The second kappa shape index (κ2) is 15.6. The van der Waals surface area contributed by atoms with Crippen LogP contribution in [0.5, 0.6) is 11.5 Å². The summed E-state index contributed by atoms with van der Waals surface area (Å²) in [4.78, 5) is 32.5. The van der Waals surface area contributed by atoms with Crippen LogP contribution in [0, 0.1) is 44.4 Å². The summed E-state index contributed by atoms with van der Waals surface area (Å²) < 4.78 is 6.73. The molecule has 4 atom stereocenters. The number of rotatable bonds is 16. The molecule has 228 valence electrons. The number of phenols is 1. The topological polar surface area (TPSA) is 91.3 Å². The van der Waals surface area contributed by atoms with Gasteiger partial charge in [0.25, 0.3) is 0 Å². The van der Waals surface area contributed by atoms with E-state index in [1.807, 2.05) is 20.8 Å². The number of hydrogen-bond acceptors (Lipinski definition) is 7. The fourth-order valence-electron chi connectivity index (χ4n) is 5.99. The molecule has 0 aromatic heterocycles. The molecule has 0 amide bonds. The highest BCUT2D eigenvalue weighted by Crippen LogP contribution is 2.47. The minimum Gasteiger partial charge on any atom is -0.507 e. The highest BCUT2D eigenvalue weighted by atomic mass is 17.5. The number of ether oxygens (including phenoxy) is 1. The van der Waals surface area contributed by atoms with Gasteiger partial charge < -0.3 is 9.84 Å². The molecule has 40 heavy (non-hydrogen) atoms. The van der Waals surface area contributed by atoms with Crippen molar-refractivity contribution < 1.29 is 34.2 Å². The largest absolute Gasteiger partial charge is 0.507 e. The SMILES string of the molecule is CC(=O)OOOC(=O)CC1Cc2c(C)c(O)c(C)c(C)c2O[C@@]1(C)CCC[C@H](C)CCC[C@@H](C)CCCC(C)C. The third kappa shape index (κ3) is 9.97. The fourth-order valence-corrected chi connectivity index (χ4v) is 5.99. The molecular weight excluding hydrogens is 508 g/mol. The van der Waals surface area contributed by atoms with E-state index in [2.05, 4.69) is 49.4 Å². The van der Waals surface area contributed by atoms with Crippen LogP contribution >= 0.6 is 0 Å². The standard InChI is InChI=1S/C33H54O7/c1-21(2)13-10-14-22(3)15-11-16-23(4)17-12-18-33(9)28(20-30(35)39-40-38-27(8)34)19-29-26(7)31(36)24(5)25(6)32(29)37-33/h21-23,28,36H,10-20H2,1-9H3/t22-,23+,28?,33-/m0/s1. The van der Waals surface area contributed by atoms with E-state index in [1.54, 1.807) is 0 Å². The van der Waals surface area contributed by atoms with Crippen LogP contribution in [0.25, 0.3) is 0 Å². The maximum absolute atomic E-state index is 12.6. The summed E-state index contributed by atoms with van der Waals surface area (Å²) in [5.41, 5.74) is 2.85. The second-order valence-corrected chi connectivity index (χ2v) is 13.0. The summed E-state index contributed by atoms with van der Waals surface area (Å²) in [5.74, 6) is 1.76. The molecule has 1 unspecified atom stereocenters. The van der Waals surface area contributed by atoms with Crippen molar-refractivity contribution in [3.63, 3.8) is 0 Å². The van der Waals surface area contributed by atoms with Crippen molar-refractivity contribution in [3.05, 3.63) is 22.3 Å². The van der Waals surface area contributed by atoms with E-state index in [-0.39, 0.29) is 18.1 Å². The Labute approximate surface area is 242 Å². The van der Waals surface area contributed by atoms with Gasteiger partial charge in [0.05, 0.1) is 6.42 Å². The van der Waals surface area contributed by atoms with Crippen LogP contribution in [0.1, 0.15) is 128 Å². The Balaban J connectivity index is 2.02. The van der Waals surface area contributed by atoms with Crippen molar-refractivity contribution >= 4 is 11.9 Å². The van der Waals surface area contributed by atoms with Gasteiger partial charge in [0, 0.05) is 23.4 Å². The third-order valence-corrected chi connectivity index (χ3v) is 8.92. The monoisotopic (exact) mass is 562 g/mol. The van der Waals surface area contributed by atoms with Gasteiger partial charge in [-0.3, -0.25) is 9.78 Å². The average molecular weight is 563 g/mol. The molecule has 1 heterocycles.